The highest BCUT2D eigenvalue weighted by Gasteiger charge is 2.20. The average molecular weight is 195 g/mol. The number of hydrogen-bond acceptors (Lipinski definition) is 1. The summed E-state index contributed by atoms with van der Waals surface area (Å²) in [4.78, 5) is 4.33. The normalized spacial score (nSPS) is 17.5. The molecule has 0 radical (unpaired) electrons. The minimum absolute atomic E-state index is 0.441. The molecule has 1 saturated carbocycles. The molecular formula is C10H11ClN2. The molecule has 1 aliphatic rings. The molecule has 1 fully saturated rings. The van der Waals surface area contributed by atoms with Crippen LogP contribution in [0, 0.1) is 0 Å². The zero-order valence-corrected chi connectivity index (χ0v) is 7.96. The predicted molar refractivity (Wildman–Crippen MR) is 55.2 cm³/mol. The standard InChI is InChI=1S/C10H11ClN2/c11-9-4-2-1-3-8(9)10(12)13-7-5-6-7/h1-4,7H,5-6H2,(H2,12,13). The van der Waals surface area contributed by atoms with Gasteiger partial charge in [-0.2, -0.15) is 0 Å². The molecule has 0 unspecified atom stereocenters. The predicted octanol–water partition coefficient (Wildman–Crippen LogP) is 2.21. The van der Waals surface area contributed by atoms with Gasteiger partial charge in [0.2, 0.25) is 0 Å². The van der Waals surface area contributed by atoms with Crippen LogP contribution >= 0.6 is 11.6 Å². The number of halogens is 1. The van der Waals surface area contributed by atoms with Crippen molar-refractivity contribution in [2.45, 2.75) is 18.9 Å². The number of rotatable bonds is 2. The second kappa shape index (κ2) is 3.38. The first-order valence-electron chi connectivity index (χ1n) is 4.35. The van der Waals surface area contributed by atoms with Crippen LogP contribution in [0.4, 0.5) is 0 Å². The molecule has 13 heavy (non-hydrogen) atoms. The zero-order valence-electron chi connectivity index (χ0n) is 7.20. The number of nitrogens with zero attached hydrogens (tertiary/aromatic N) is 1. The maximum absolute atomic E-state index is 5.96. The maximum atomic E-state index is 5.96. The van der Waals surface area contributed by atoms with Crippen LogP contribution in [0.5, 0.6) is 0 Å². The van der Waals surface area contributed by atoms with Gasteiger partial charge in [0, 0.05) is 5.56 Å². The first-order chi connectivity index (χ1) is 6.27. The molecule has 3 heteroatoms. The van der Waals surface area contributed by atoms with Gasteiger partial charge in [-0.15, -0.1) is 0 Å². The third kappa shape index (κ3) is 2.01. The molecule has 2 N–H and O–H groups in total. The molecule has 0 spiro atoms. The van der Waals surface area contributed by atoms with Gasteiger partial charge in [-0.25, -0.2) is 0 Å². The van der Waals surface area contributed by atoms with E-state index in [0.29, 0.717) is 16.9 Å². The van der Waals surface area contributed by atoms with E-state index in [9.17, 15) is 0 Å². The van der Waals surface area contributed by atoms with Crippen LogP contribution in [0.25, 0.3) is 0 Å². The van der Waals surface area contributed by atoms with Gasteiger partial charge >= 0.3 is 0 Å². The van der Waals surface area contributed by atoms with Gasteiger partial charge in [0.05, 0.1) is 11.1 Å². The second-order valence-corrected chi connectivity index (χ2v) is 3.63. The van der Waals surface area contributed by atoms with Gasteiger partial charge in [-0.3, -0.25) is 4.99 Å². The summed E-state index contributed by atoms with van der Waals surface area (Å²) in [6, 6.07) is 7.96. The highest BCUT2D eigenvalue weighted by molar-refractivity contribution is 6.34. The van der Waals surface area contributed by atoms with E-state index >= 15 is 0 Å². The van der Waals surface area contributed by atoms with E-state index in [1.165, 1.54) is 0 Å². The monoisotopic (exact) mass is 194 g/mol. The van der Waals surface area contributed by atoms with Crippen molar-refractivity contribution in [3.05, 3.63) is 34.9 Å². The summed E-state index contributed by atoms with van der Waals surface area (Å²) >= 11 is 5.96. The Kier molecular flexibility index (Phi) is 2.23. The lowest BCUT2D eigenvalue weighted by atomic mass is 10.2. The van der Waals surface area contributed by atoms with Gasteiger partial charge in [0.25, 0.3) is 0 Å². The molecule has 0 atom stereocenters. The van der Waals surface area contributed by atoms with Crippen molar-refractivity contribution >= 4 is 17.4 Å². The highest BCUT2D eigenvalue weighted by atomic mass is 35.5. The van der Waals surface area contributed by atoms with Crippen LogP contribution in [-0.2, 0) is 0 Å². The number of benzene rings is 1. The summed E-state index contributed by atoms with van der Waals surface area (Å²) in [5.41, 5.74) is 6.65. The number of amidine groups is 1. The van der Waals surface area contributed by atoms with Crippen LogP contribution < -0.4 is 5.73 Å². The Labute approximate surface area is 82.4 Å². The van der Waals surface area contributed by atoms with E-state index in [-0.39, 0.29) is 0 Å². The van der Waals surface area contributed by atoms with Crippen molar-refractivity contribution in [3.8, 4) is 0 Å². The van der Waals surface area contributed by atoms with Crippen LogP contribution in [0.2, 0.25) is 5.02 Å². The quantitative estimate of drug-likeness (QED) is 0.569. The van der Waals surface area contributed by atoms with E-state index in [0.717, 1.165) is 18.4 Å². The first-order valence-corrected chi connectivity index (χ1v) is 4.73. The minimum atomic E-state index is 0.441. The average Bonchev–Trinajstić information content (AvgIpc) is 2.89. The van der Waals surface area contributed by atoms with Gasteiger partial charge in [0.15, 0.2) is 0 Å². The largest absolute Gasteiger partial charge is 0.383 e. The van der Waals surface area contributed by atoms with Gasteiger partial charge < -0.3 is 5.73 Å². The summed E-state index contributed by atoms with van der Waals surface area (Å²) in [5.74, 6) is 0.563. The Balaban J connectivity index is 2.28. The SMILES string of the molecule is NC(=NC1CC1)c1ccccc1Cl. The third-order valence-corrected chi connectivity index (χ3v) is 2.35. The van der Waals surface area contributed by atoms with E-state index in [1.54, 1.807) is 0 Å². The molecule has 2 nitrogen and oxygen atoms in total. The molecule has 0 heterocycles. The molecule has 0 bridgehead atoms. The fraction of sp³-hybridized carbons (Fsp3) is 0.300. The molecule has 68 valence electrons. The van der Waals surface area contributed by atoms with Crippen LogP contribution in [0.1, 0.15) is 18.4 Å². The Morgan fingerprint density at radius 1 is 1.38 bits per heavy atom. The maximum Gasteiger partial charge on any atom is 0.127 e. The zero-order chi connectivity index (χ0) is 9.26. The number of nitrogens with two attached hydrogens (primary N) is 1. The summed E-state index contributed by atoms with van der Waals surface area (Å²) in [6.07, 6.45) is 2.32. The van der Waals surface area contributed by atoms with Gasteiger partial charge in [-0.05, 0) is 25.0 Å². The Morgan fingerprint density at radius 3 is 2.69 bits per heavy atom. The number of aliphatic imine (C=N–C) groups is 1. The van der Waals surface area contributed by atoms with E-state index in [4.69, 9.17) is 17.3 Å². The molecule has 0 aromatic heterocycles. The van der Waals surface area contributed by atoms with E-state index in [2.05, 4.69) is 4.99 Å². The van der Waals surface area contributed by atoms with Crippen molar-refractivity contribution < 1.29 is 0 Å². The van der Waals surface area contributed by atoms with E-state index in [1.807, 2.05) is 24.3 Å². The molecule has 2 rings (SSSR count). The van der Waals surface area contributed by atoms with Gasteiger partial charge in [-0.1, -0.05) is 23.7 Å². The highest BCUT2D eigenvalue weighted by Crippen LogP contribution is 2.24. The minimum Gasteiger partial charge on any atom is -0.383 e. The summed E-state index contributed by atoms with van der Waals surface area (Å²) < 4.78 is 0. The summed E-state index contributed by atoms with van der Waals surface area (Å²) in [7, 11) is 0. The summed E-state index contributed by atoms with van der Waals surface area (Å²) in [6.45, 7) is 0. The first kappa shape index (κ1) is 8.57. The van der Waals surface area contributed by atoms with Crippen molar-refractivity contribution in [1.29, 1.82) is 0 Å². The Hall–Kier alpha value is -1.02. The van der Waals surface area contributed by atoms with Crippen LogP contribution in [0.3, 0.4) is 0 Å². The third-order valence-electron chi connectivity index (χ3n) is 2.02. The lowest BCUT2D eigenvalue weighted by Crippen LogP contribution is -2.14. The van der Waals surface area contributed by atoms with Crippen molar-refractivity contribution in [2.24, 2.45) is 10.7 Å². The van der Waals surface area contributed by atoms with Crippen LogP contribution in [0.15, 0.2) is 29.3 Å². The molecular weight excluding hydrogens is 184 g/mol. The number of hydrogen-bond donors (Lipinski definition) is 1. The fourth-order valence-corrected chi connectivity index (χ4v) is 1.37. The van der Waals surface area contributed by atoms with Crippen molar-refractivity contribution in [1.82, 2.24) is 0 Å². The topological polar surface area (TPSA) is 38.4 Å². The fourth-order valence-electron chi connectivity index (χ4n) is 1.14. The lowest BCUT2D eigenvalue weighted by Gasteiger charge is -2.02. The molecule has 1 aromatic carbocycles. The van der Waals surface area contributed by atoms with Crippen molar-refractivity contribution in [3.63, 3.8) is 0 Å². The molecule has 0 saturated heterocycles. The van der Waals surface area contributed by atoms with Gasteiger partial charge in [0.1, 0.15) is 5.84 Å². The molecule has 0 aliphatic heterocycles. The lowest BCUT2D eigenvalue weighted by molar-refractivity contribution is 1.06. The Morgan fingerprint density at radius 2 is 2.08 bits per heavy atom. The van der Waals surface area contributed by atoms with E-state index < -0.39 is 0 Å². The van der Waals surface area contributed by atoms with Crippen molar-refractivity contribution in [2.75, 3.05) is 0 Å². The van der Waals surface area contributed by atoms with Crippen LogP contribution in [-0.4, -0.2) is 11.9 Å². The molecule has 0 amide bonds. The second-order valence-electron chi connectivity index (χ2n) is 3.23. The smallest absolute Gasteiger partial charge is 0.127 e. The molecule has 1 aromatic rings. The Bertz CT molecular complexity index is 343. The summed E-state index contributed by atoms with van der Waals surface area (Å²) in [5, 5.41) is 0.671. The molecule has 1 aliphatic carbocycles.